The van der Waals surface area contributed by atoms with Crippen LogP contribution in [-0.2, 0) is 0 Å². The molecule has 1 aromatic rings. The van der Waals surface area contributed by atoms with Crippen LogP contribution in [0.4, 0.5) is 0 Å². The normalized spacial score (nSPS) is 20.0. The lowest BCUT2D eigenvalue weighted by molar-refractivity contribution is 0.212. The molecule has 0 saturated carbocycles. The fourth-order valence-electron chi connectivity index (χ4n) is 2.94. The van der Waals surface area contributed by atoms with Gasteiger partial charge in [-0.3, -0.25) is 4.90 Å². The molecular formula is C17H26N2OS. The van der Waals surface area contributed by atoms with Crippen LogP contribution in [0.2, 0.25) is 0 Å². The summed E-state index contributed by atoms with van der Waals surface area (Å²) in [5.74, 6) is 1.71. The molecule has 0 bridgehead atoms. The summed E-state index contributed by atoms with van der Waals surface area (Å²) in [6.45, 7) is 6.35. The molecule has 1 unspecified atom stereocenters. The molecule has 1 saturated heterocycles. The highest BCUT2D eigenvalue weighted by Crippen LogP contribution is 2.21. The monoisotopic (exact) mass is 306 g/mol. The SMILES string of the molecule is CCC1CCCN(CCOc2ccccc2C(N)=S)CC1. The number of nitrogens with two attached hydrogens (primary N) is 1. The Kier molecular flexibility index (Phi) is 6.46. The number of benzene rings is 1. The molecule has 21 heavy (non-hydrogen) atoms. The van der Waals surface area contributed by atoms with E-state index < -0.39 is 0 Å². The standard InChI is InChI=1S/C17H26N2OS/c1-2-14-6-5-10-19(11-9-14)12-13-20-16-8-4-3-7-15(16)17(18)21/h3-4,7-8,14H,2,5-6,9-13H2,1H3,(H2,18,21). The molecule has 0 amide bonds. The van der Waals surface area contributed by atoms with Gasteiger partial charge in [0.25, 0.3) is 0 Å². The van der Waals surface area contributed by atoms with Gasteiger partial charge in [0.1, 0.15) is 17.3 Å². The first kappa shape index (κ1) is 16.2. The Morgan fingerprint density at radius 2 is 2.14 bits per heavy atom. The number of hydrogen-bond acceptors (Lipinski definition) is 3. The van der Waals surface area contributed by atoms with Crippen LogP contribution in [-0.4, -0.2) is 36.1 Å². The molecule has 1 fully saturated rings. The maximum absolute atomic E-state index is 5.89. The van der Waals surface area contributed by atoms with Crippen molar-refractivity contribution in [2.75, 3.05) is 26.2 Å². The number of para-hydroxylation sites is 1. The first-order chi connectivity index (χ1) is 10.2. The molecule has 3 nitrogen and oxygen atoms in total. The number of likely N-dealkylation sites (tertiary alicyclic amines) is 1. The van der Waals surface area contributed by atoms with Crippen LogP contribution in [0.3, 0.4) is 0 Å². The van der Waals surface area contributed by atoms with E-state index in [1.54, 1.807) is 0 Å². The number of nitrogens with zero attached hydrogens (tertiary/aromatic N) is 1. The van der Waals surface area contributed by atoms with E-state index in [1.807, 2.05) is 24.3 Å². The van der Waals surface area contributed by atoms with Crippen molar-refractivity contribution in [2.45, 2.75) is 32.6 Å². The highest BCUT2D eigenvalue weighted by Gasteiger charge is 2.15. The van der Waals surface area contributed by atoms with E-state index >= 15 is 0 Å². The van der Waals surface area contributed by atoms with Crippen molar-refractivity contribution in [1.29, 1.82) is 0 Å². The van der Waals surface area contributed by atoms with Crippen molar-refractivity contribution in [3.8, 4) is 5.75 Å². The minimum Gasteiger partial charge on any atom is -0.492 e. The first-order valence-corrected chi connectivity index (χ1v) is 8.35. The van der Waals surface area contributed by atoms with Gasteiger partial charge in [-0.25, -0.2) is 0 Å². The summed E-state index contributed by atoms with van der Waals surface area (Å²) in [5, 5.41) is 0. The fraction of sp³-hybridized carbons (Fsp3) is 0.588. The third kappa shape index (κ3) is 4.97. The lowest BCUT2D eigenvalue weighted by Crippen LogP contribution is -2.29. The predicted molar refractivity (Wildman–Crippen MR) is 91.9 cm³/mol. The summed E-state index contributed by atoms with van der Waals surface area (Å²) in [4.78, 5) is 2.91. The average Bonchev–Trinajstić information content (AvgIpc) is 2.73. The molecule has 0 aliphatic carbocycles. The molecule has 0 radical (unpaired) electrons. The quantitative estimate of drug-likeness (QED) is 0.819. The second-order valence-electron chi connectivity index (χ2n) is 5.76. The van der Waals surface area contributed by atoms with Gasteiger partial charge in [0, 0.05) is 6.54 Å². The lowest BCUT2D eigenvalue weighted by Gasteiger charge is -2.20. The second-order valence-corrected chi connectivity index (χ2v) is 6.20. The fourth-order valence-corrected chi connectivity index (χ4v) is 3.11. The van der Waals surface area contributed by atoms with Crippen molar-refractivity contribution in [1.82, 2.24) is 4.90 Å². The minimum absolute atomic E-state index is 0.395. The highest BCUT2D eigenvalue weighted by atomic mass is 32.1. The zero-order valence-corrected chi connectivity index (χ0v) is 13.7. The summed E-state index contributed by atoms with van der Waals surface area (Å²) in [6.07, 6.45) is 5.31. The Hall–Kier alpha value is -1.13. The van der Waals surface area contributed by atoms with Gasteiger partial charge in [-0.1, -0.05) is 37.7 Å². The molecular weight excluding hydrogens is 280 g/mol. The first-order valence-electron chi connectivity index (χ1n) is 7.94. The van der Waals surface area contributed by atoms with Gasteiger partial charge in [-0.15, -0.1) is 0 Å². The number of hydrogen-bond donors (Lipinski definition) is 1. The smallest absolute Gasteiger partial charge is 0.129 e. The third-order valence-corrected chi connectivity index (χ3v) is 4.56. The van der Waals surface area contributed by atoms with E-state index in [0.29, 0.717) is 11.6 Å². The van der Waals surface area contributed by atoms with Gasteiger partial charge in [-0.2, -0.15) is 0 Å². The number of thiocarbonyl (C=S) groups is 1. The zero-order valence-electron chi connectivity index (χ0n) is 12.9. The topological polar surface area (TPSA) is 38.5 Å². The van der Waals surface area contributed by atoms with E-state index in [2.05, 4.69) is 11.8 Å². The molecule has 1 heterocycles. The highest BCUT2D eigenvalue weighted by molar-refractivity contribution is 7.80. The summed E-state index contributed by atoms with van der Waals surface area (Å²) < 4.78 is 5.89. The van der Waals surface area contributed by atoms with E-state index in [9.17, 15) is 0 Å². The molecule has 1 aliphatic heterocycles. The molecule has 1 aromatic carbocycles. The summed E-state index contributed by atoms with van der Waals surface area (Å²) in [5.41, 5.74) is 6.55. The summed E-state index contributed by atoms with van der Waals surface area (Å²) in [6, 6.07) is 7.73. The van der Waals surface area contributed by atoms with Crippen molar-refractivity contribution in [3.05, 3.63) is 29.8 Å². The van der Waals surface area contributed by atoms with Gasteiger partial charge < -0.3 is 10.5 Å². The molecule has 0 spiro atoms. The Balaban J connectivity index is 1.80. The largest absolute Gasteiger partial charge is 0.492 e. The third-order valence-electron chi connectivity index (χ3n) is 4.34. The average molecular weight is 306 g/mol. The van der Waals surface area contributed by atoms with E-state index in [1.165, 1.54) is 38.8 Å². The molecule has 2 rings (SSSR count). The van der Waals surface area contributed by atoms with E-state index in [-0.39, 0.29) is 0 Å². The van der Waals surface area contributed by atoms with Gasteiger partial charge >= 0.3 is 0 Å². The van der Waals surface area contributed by atoms with Crippen LogP contribution < -0.4 is 10.5 Å². The predicted octanol–water partition coefficient (Wildman–Crippen LogP) is 3.21. The van der Waals surface area contributed by atoms with Crippen molar-refractivity contribution >= 4 is 17.2 Å². The molecule has 4 heteroatoms. The van der Waals surface area contributed by atoms with Gasteiger partial charge in [0.15, 0.2) is 0 Å². The Labute approximate surface area is 133 Å². The van der Waals surface area contributed by atoms with Gasteiger partial charge in [0.05, 0.1) is 5.56 Å². The van der Waals surface area contributed by atoms with Gasteiger partial charge in [-0.05, 0) is 50.4 Å². The lowest BCUT2D eigenvalue weighted by atomic mass is 9.98. The summed E-state index contributed by atoms with van der Waals surface area (Å²) >= 11 is 5.06. The van der Waals surface area contributed by atoms with E-state index in [4.69, 9.17) is 22.7 Å². The van der Waals surface area contributed by atoms with Crippen LogP contribution in [0.25, 0.3) is 0 Å². The Morgan fingerprint density at radius 1 is 1.33 bits per heavy atom. The van der Waals surface area contributed by atoms with Crippen LogP contribution in [0, 0.1) is 5.92 Å². The maximum atomic E-state index is 5.89. The van der Waals surface area contributed by atoms with Crippen molar-refractivity contribution < 1.29 is 4.74 Å². The molecule has 1 atom stereocenters. The molecule has 1 aliphatic rings. The van der Waals surface area contributed by atoms with Crippen molar-refractivity contribution in [3.63, 3.8) is 0 Å². The molecule has 0 aromatic heterocycles. The van der Waals surface area contributed by atoms with Crippen LogP contribution >= 0.6 is 12.2 Å². The Morgan fingerprint density at radius 3 is 2.90 bits per heavy atom. The van der Waals surface area contributed by atoms with E-state index in [0.717, 1.165) is 23.8 Å². The maximum Gasteiger partial charge on any atom is 0.129 e. The van der Waals surface area contributed by atoms with Crippen LogP contribution in [0.5, 0.6) is 5.75 Å². The Bertz CT molecular complexity index is 464. The van der Waals surface area contributed by atoms with Crippen LogP contribution in [0.15, 0.2) is 24.3 Å². The zero-order chi connectivity index (χ0) is 15.1. The number of ether oxygens (including phenoxy) is 1. The molecule has 116 valence electrons. The van der Waals surface area contributed by atoms with Crippen LogP contribution in [0.1, 0.15) is 38.2 Å². The van der Waals surface area contributed by atoms with Crippen molar-refractivity contribution in [2.24, 2.45) is 11.7 Å². The minimum atomic E-state index is 0.395. The number of rotatable bonds is 6. The summed E-state index contributed by atoms with van der Waals surface area (Å²) in [7, 11) is 0. The second kappa shape index (κ2) is 8.35. The molecule has 2 N–H and O–H groups in total. The van der Waals surface area contributed by atoms with Gasteiger partial charge in [0.2, 0.25) is 0 Å².